The molecule has 0 aromatic heterocycles. The van der Waals surface area contributed by atoms with E-state index in [1.807, 2.05) is 0 Å². The molecule has 2 rings (SSSR count). The van der Waals surface area contributed by atoms with Crippen LogP contribution in [0.3, 0.4) is 0 Å². The summed E-state index contributed by atoms with van der Waals surface area (Å²) in [6.45, 7) is 0.123. The van der Waals surface area contributed by atoms with Crippen LogP contribution >= 0.6 is 27.5 Å². The van der Waals surface area contributed by atoms with Crippen LogP contribution in [-0.2, 0) is 6.54 Å². The highest BCUT2D eigenvalue weighted by Gasteiger charge is 2.10. The molecule has 1 nitrogen and oxygen atoms in total. The average Bonchev–Trinajstić information content (AvgIpc) is 2.32. The molecule has 2 aromatic carbocycles. The molecule has 0 aliphatic rings. The van der Waals surface area contributed by atoms with Crippen LogP contribution in [0.4, 0.5) is 18.9 Å². The van der Waals surface area contributed by atoms with Gasteiger partial charge in [-0.1, -0.05) is 11.6 Å². The quantitative estimate of drug-likeness (QED) is 0.809. The lowest BCUT2D eigenvalue weighted by molar-refractivity contribution is 0.583. The van der Waals surface area contributed by atoms with E-state index in [1.54, 1.807) is 0 Å². The van der Waals surface area contributed by atoms with Crippen LogP contribution in [0, 0.1) is 17.5 Å². The molecular weight excluding hydrogens is 343 g/mol. The maximum absolute atomic E-state index is 13.6. The Balaban J connectivity index is 2.21. The number of anilines is 1. The molecule has 0 spiro atoms. The van der Waals surface area contributed by atoms with Crippen molar-refractivity contribution in [3.63, 3.8) is 0 Å². The van der Waals surface area contributed by atoms with Gasteiger partial charge in [0.2, 0.25) is 0 Å². The van der Waals surface area contributed by atoms with Gasteiger partial charge in [0, 0.05) is 22.1 Å². The fraction of sp³-hybridized carbons (Fsp3) is 0.0769. The molecule has 0 unspecified atom stereocenters. The lowest BCUT2D eigenvalue weighted by Gasteiger charge is -2.11. The van der Waals surface area contributed by atoms with Crippen LogP contribution in [0.25, 0.3) is 0 Å². The Kier molecular flexibility index (Phi) is 4.37. The van der Waals surface area contributed by atoms with Crippen molar-refractivity contribution < 1.29 is 13.2 Å². The van der Waals surface area contributed by atoms with E-state index < -0.39 is 17.5 Å². The fourth-order valence-electron chi connectivity index (χ4n) is 1.57. The van der Waals surface area contributed by atoms with Crippen molar-refractivity contribution in [3.8, 4) is 0 Å². The zero-order chi connectivity index (χ0) is 14.0. The van der Waals surface area contributed by atoms with E-state index in [2.05, 4.69) is 21.2 Å². The van der Waals surface area contributed by atoms with Crippen LogP contribution in [0.1, 0.15) is 5.56 Å². The third-order valence-electron chi connectivity index (χ3n) is 2.47. The van der Waals surface area contributed by atoms with Crippen molar-refractivity contribution in [1.29, 1.82) is 0 Å². The minimum atomic E-state index is -0.737. The molecule has 6 heteroatoms. The normalized spacial score (nSPS) is 10.6. The van der Waals surface area contributed by atoms with Crippen molar-refractivity contribution >= 4 is 33.2 Å². The summed E-state index contributed by atoms with van der Waals surface area (Å²) in [5.74, 6) is -1.85. The predicted molar refractivity (Wildman–Crippen MR) is 72.8 cm³/mol. The van der Waals surface area contributed by atoms with Gasteiger partial charge in [-0.2, -0.15) is 0 Å². The van der Waals surface area contributed by atoms with Gasteiger partial charge in [-0.15, -0.1) is 0 Å². The van der Waals surface area contributed by atoms with Gasteiger partial charge < -0.3 is 5.32 Å². The molecule has 0 saturated heterocycles. The summed E-state index contributed by atoms with van der Waals surface area (Å²) in [7, 11) is 0. The highest BCUT2D eigenvalue weighted by Crippen LogP contribution is 2.28. The first kappa shape index (κ1) is 14.2. The zero-order valence-corrected chi connectivity index (χ0v) is 11.8. The summed E-state index contributed by atoms with van der Waals surface area (Å²) in [5, 5.41) is 3.12. The number of rotatable bonds is 3. The van der Waals surface area contributed by atoms with E-state index >= 15 is 0 Å². The second-order valence-electron chi connectivity index (χ2n) is 3.83. The summed E-state index contributed by atoms with van der Waals surface area (Å²) in [6.07, 6.45) is 0. The molecule has 19 heavy (non-hydrogen) atoms. The zero-order valence-electron chi connectivity index (χ0n) is 9.48. The SMILES string of the molecule is Fc1cc(F)c(NCc2cc(F)ccc2Cl)c(Br)c1. The largest absolute Gasteiger partial charge is 0.378 e. The molecule has 0 radical (unpaired) electrons. The number of hydrogen-bond donors (Lipinski definition) is 1. The van der Waals surface area contributed by atoms with Crippen LogP contribution in [0.2, 0.25) is 5.02 Å². The second kappa shape index (κ2) is 5.84. The maximum Gasteiger partial charge on any atom is 0.150 e. The van der Waals surface area contributed by atoms with Gasteiger partial charge in [0.1, 0.15) is 17.5 Å². The lowest BCUT2D eigenvalue weighted by atomic mass is 10.2. The Hall–Kier alpha value is -1.20. The molecule has 0 bridgehead atoms. The monoisotopic (exact) mass is 349 g/mol. The number of nitrogens with one attached hydrogen (secondary N) is 1. The van der Waals surface area contributed by atoms with E-state index in [0.717, 1.165) is 12.1 Å². The third-order valence-corrected chi connectivity index (χ3v) is 3.46. The Bertz CT molecular complexity index is 596. The van der Waals surface area contributed by atoms with Crippen LogP contribution in [-0.4, -0.2) is 0 Å². The van der Waals surface area contributed by atoms with Crippen molar-refractivity contribution in [2.24, 2.45) is 0 Å². The molecular formula is C13H8BrClF3N. The number of hydrogen-bond acceptors (Lipinski definition) is 1. The first-order valence-electron chi connectivity index (χ1n) is 5.29. The molecule has 0 saturated carbocycles. The van der Waals surface area contributed by atoms with Crippen molar-refractivity contribution in [1.82, 2.24) is 0 Å². The van der Waals surface area contributed by atoms with Gasteiger partial charge in [-0.25, -0.2) is 13.2 Å². The van der Waals surface area contributed by atoms with Crippen LogP contribution < -0.4 is 5.32 Å². The predicted octanol–water partition coefficient (Wildman–Crippen LogP) is 5.13. The molecule has 0 aliphatic heterocycles. The Morgan fingerprint density at radius 1 is 1.05 bits per heavy atom. The Morgan fingerprint density at radius 3 is 2.47 bits per heavy atom. The van der Waals surface area contributed by atoms with Crippen molar-refractivity contribution in [2.75, 3.05) is 5.32 Å². The minimum Gasteiger partial charge on any atom is -0.378 e. The molecule has 0 atom stereocenters. The van der Waals surface area contributed by atoms with Crippen molar-refractivity contribution in [3.05, 3.63) is 62.8 Å². The van der Waals surface area contributed by atoms with Gasteiger partial charge in [-0.05, 0) is 45.8 Å². The first-order chi connectivity index (χ1) is 8.97. The molecule has 0 fully saturated rings. The third kappa shape index (κ3) is 3.42. The summed E-state index contributed by atoms with van der Waals surface area (Å²) in [6, 6.07) is 5.81. The second-order valence-corrected chi connectivity index (χ2v) is 5.10. The molecule has 0 amide bonds. The smallest absolute Gasteiger partial charge is 0.150 e. The maximum atomic E-state index is 13.6. The lowest BCUT2D eigenvalue weighted by Crippen LogP contribution is -2.04. The van der Waals surface area contributed by atoms with Crippen LogP contribution in [0.15, 0.2) is 34.8 Å². The molecule has 0 aliphatic carbocycles. The molecule has 1 N–H and O–H groups in total. The standard InChI is InChI=1S/C13H8BrClF3N/c14-10-4-9(17)5-12(18)13(10)19-6-7-3-8(16)1-2-11(7)15/h1-5,19H,6H2. The van der Waals surface area contributed by atoms with Gasteiger partial charge in [0.05, 0.1) is 5.69 Å². The van der Waals surface area contributed by atoms with Gasteiger partial charge >= 0.3 is 0 Å². The molecule has 0 heterocycles. The minimum absolute atomic E-state index is 0.0988. The van der Waals surface area contributed by atoms with E-state index in [0.29, 0.717) is 10.6 Å². The van der Waals surface area contributed by atoms with E-state index in [4.69, 9.17) is 11.6 Å². The topological polar surface area (TPSA) is 12.0 Å². The summed E-state index contributed by atoms with van der Waals surface area (Å²) in [4.78, 5) is 0. The molecule has 100 valence electrons. The average molecular weight is 351 g/mol. The van der Waals surface area contributed by atoms with E-state index in [9.17, 15) is 13.2 Å². The number of halogens is 5. The summed E-state index contributed by atoms with van der Waals surface area (Å²) >= 11 is 8.95. The van der Waals surface area contributed by atoms with Crippen molar-refractivity contribution in [2.45, 2.75) is 6.54 Å². The first-order valence-corrected chi connectivity index (χ1v) is 6.47. The van der Waals surface area contributed by atoms with E-state index in [1.165, 1.54) is 18.2 Å². The Morgan fingerprint density at radius 2 is 1.79 bits per heavy atom. The highest BCUT2D eigenvalue weighted by molar-refractivity contribution is 9.10. The summed E-state index contributed by atoms with van der Waals surface area (Å²) < 4.78 is 39.8. The number of benzene rings is 2. The van der Waals surface area contributed by atoms with E-state index in [-0.39, 0.29) is 16.7 Å². The van der Waals surface area contributed by atoms with Crippen LogP contribution in [0.5, 0.6) is 0 Å². The Labute approximate surface area is 121 Å². The molecule has 2 aromatic rings. The van der Waals surface area contributed by atoms with Gasteiger partial charge in [0.15, 0.2) is 0 Å². The fourth-order valence-corrected chi connectivity index (χ4v) is 2.31. The van der Waals surface area contributed by atoms with Gasteiger partial charge in [0.25, 0.3) is 0 Å². The highest BCUT2D eigenvalue weighted by atomic mass is 79.9. The summed E-state index contributed by atoms with van der Waals surface area (Å²) in [5.41, 5.74) is 0.582. The van der Waals surface area contributed by atoms with Gasteiger partial charge in [-0.3, -0.25) is 0 Å².